The lowest BCUT2D eigenvalue weighted by Gasteiger charge is -2.19. The molecule has 0 atom stereocenters. The van der Waals surface area contributed by atoms with Gasteiger partial charge in [-0.25, -0.2) is 4.79 Å². The Morgan fingerprint density at radius 3 is 2.59 bits per heavy atom. The molecular weight excluding hydrogens is 426 g/mol. The number of ether oxygens (including phenoxy) is 1. The van der Waals surface area contributed by atoms with Crippen LogP contribution in [0.3, 0.4) is 0 Å². The van der Waals surface area contributed by atoms with E-state index in [1.165, 1.54) is 11.1 Å². The molecule has 2 aromatic heterocycles. The van der Waals surface area contributed by atoms with E-state index in [1.807, 2.05) is 41.1 Å². The monoisotopic (exact) mass is 453 g/mol. The van der Waals surface area contributed by atoms with E-state index in [0.717, 1.165) is 33.6 Å². The van der Waals surface area contributed by atoms with Gasteiger partial charge in [-0.1, -0.05) is 48.5 Å². The molecule has 0 radical (unpaired) electrons. The van der Waals surface area contributed by atoms with Crippen molar-refractivity contribution in [3.05, 3.63) is 98.5 Å². The number of esters is 1. The van der Waals surface area contributed by atoms with Crippen LogP contribution in [0.15, 0.2) is 59.4 Å². The molecule has 6 heteroatoms. The Labute approximate surface area is 198 Å². The molecular formula is C28H27N3O3. The highest BCUT2D eigenvalue weighted by atomic mass is 16.5. The van der Waals surface area contributed by atoms with E-state index in [1.54, 1.807) is 6.92 Å². The number of aryl methyl sites for hydroxylation is 3. The Morgan fingerprint density at radius 2 is 1.85 bits per heavy atom. The lowest BCUT2D eigenvalue weighted by molar-refractivity contribution is 0.0517. The third-order valence-corrected chi connectivity index (χ3v) is 6.51. The van der Waals surface area contributed by atoms with Crippen LogP contribution in [0.2, 0.25) is 0 Å². The Kier molecular flexibility index (Phi) is 5.65. The zero-order chi connectivity index (χ0) is 23.8. The molecule has 2 heterocycles. The summed E-state index contributed by atoms with van der Waals surface area (Å²) in [6, 6.07) is 17.9. The SMILES string of the molecule is CCOC(=O)c1nn(Cc2ccc(C)c(C)c2)c2c1CCc1cc(-c3ccccc3)c(=O)[nH]c1-2. The fourth-order valence-corrected chi connectivity index (χ4v) is 4.64. The number of aromatic nitrogens is 3. The zero-order valence-corrected chi connectivity index (χ0v) is 19.6. The maximum Gasteiger partial charge on any atom is 0.359 e. The number of aromatic amines is 1. The second-order valence-electron chi connectivity index (χ2n) is 8.75. The van der Waals surface area contributed by atoms with Crippen molar-refractivity contribution < 1.29 is 9.53 Å². The van der Waals surface area contributed by atoms with Gasteiger partial charge in [-0.05, 0) is 67.5 Å². The van der Waals surface area contributed by atoms with Crippen LogP contribution in [0.1, 0.15) is 45.2 Å². The van der Waals surface area contributed by atoms with Crippen molar-refractivity contribution in [2.45, 2.75) is 40.2 Å². The number of carbonyl (C=O) groups is 1. The van der Waals surface area contributed by atoms with E-state index in [2.05, 4.69) is 42.1 Å². The summed E-state index contributed by atoms with van der Waals surface area (Å²) >= 11 is 0. The van der Waals surface area contributed by atoms with E-state index >= 15 is 0 Å². The van der Waals surface area contributed by atoms with E-state index in [0.29, 0.717) is 30.6 Å². The number of hydrogen-bond acceptors (Lipinski definition) is 4. The summed E-state index contributed by atoms with van der Waals surface area (Å²) < 4.78 is 7.13. The van der Waals surface area contributed by atoms with Crippen LogP contribution in [0, 0.1) is 13.8 Å². The number of benzene rings is 2. The van der Waals surface area contributed by atoms with Crippen LogP contribution < -0.4 is 5.56 Å². The van der Waals surface area contributed by atoms with Crippen LogP contribution >= 0.6 is 0 Å². The van der Waals surface area contributed by atoms with Gasteiger partial charge in [0.25, 0.3) is 5.56 Å². The Hall–Kier alpha value is -3.93. The third kappa shape index (κ3) is 3.85. The van der Waals surface area contributed by atoms with Gasteiger partial charge in [-0.3, -0.25) is 9.48 Å². The number of hydrogen-bond donors (Lipinski definition) is 1. The molecule has 1 aliphatic rings. The molecule has 0 saturated heterocycles. The molecule has 1 aliphatic carbocycles. The minimum Gasteiger partial charge on any atom is -0.461 e. The molecule has 0 amide bonds. The minimum absolute atomic E-state index is 0.158. The first-order valence-corrected chi connectivity index (χ1v) is 11.6. The number of nitrogens with one attached hydrogen (secondary N) is 1. The third-order valence-electron chi connectivity index (χ3n) is 6.51. The predicted molar refractivity (Wildman–Crippen MR) is 132 cm³/mol. The van der Waals surface area contributed by atoms with Crippen molar-refractivity contribution in [3.8, 4) is 22.5 Å². The Bertz CT molecular complexity index is 1450. The molecule has 2 aromatic carbocycles. The van der Waals surface area contributed by atoms with Crippen LogP contribution in [-0.2, 0) is 24.1 Å². The summed E-state index contributed by atoms with van der Waals surface area (Å²) in [5.41, 5.74) is 8.61. The molecule has 6 nitrogen and oxygen atoms in total. The number of carbonyl (C=O) groups excluding carboxylic acids is 1. The van der Waals surface area contributed by atoms with Gasteiger partial charge in [0.15, 0.2) is 5.69 Å². The summed E-state index contributed by atoms with van der Waals surface area (Å²) in [6.07, 6.45) is 1.37. The van der Waals surface area contributed by atoms with Crippen molar-refractivity contribution >= 4 is 5.97 Å². The molecule has 0 fully saturated rings. The summed E-state index contributed by atoms with van der Waals surface area (Å²) in [6.45, 7) is 6.73. The van der Waals surface area contributed by atoms with Crippen molar-refractivity contribution in [1.29, 1.82) is 0 Å². The first kappa shape index (κ1) is 21.9. The molecule has 0 unspecified atom stereocenters. The maximum atomic E-state index is 13.1. The number of pyridine rings is 1. The number of rotatable bonds is 5. The molecule has 172 valence electrons. The molecule has 5 rings (SSSR count). The largest absolute Gasteiger partial charge is 0.461 e. The predicted octanol–water partition coefficient (Wildman–Crippen LogP) is 4.85. The van der Waals surface area contributed by atoms with Crippen LogP contribution in [-0.4, -0.2) is 27.3 Å². The van der Waals surface area contributed by atoms with Crippen LogP contribution in [0.4, 0.5) is 0 Å². The zero-order valence-electron chi connectivity index (χ0n) is 19.6. The second-order valence-corrected chi connectivity index (χ2v) is 8.75. The fourth-order valence-electron chi connectivity index (χ4n) is 4.64. The van der Waals surface area contributed by atoms with Gasteiger partial charge in [0.2, 0.25) is 0 Å². The van der Waals surface area contributed by atoms with Gasteiger partial charge in [0.1, 0.15) is 0 Å². The van der Waals surface area contributed by atoms with Gasteiger partial charge in [0.05, 0.1) is 24.5 Å². The quantitative estimate of drug-likeness (QED) is 0.439. The Balaban J connectivity index is 1.66. The summed E-state index contributed by atoms with van der Waals surface area (Å²) in [7, 11) is 0. The first-order valence-electron chi connectivity index (χ1n) is 11.6. The highest BCUT2D eigenvalue weighted by molar-refractivity contribution is 5.92. The van der Waals surface area contributed by atoms with Gasteiger partial charge in [-0.2, -0.15) is 5.10 Å². The van der Waals surface area contributed by atoms with Gasteiger partial charge < -0.3 is 9.72 Å². The van der Waals surface area contributed by atoms with Crippen molar-refractivity contribution in [3.63, 3.8) is 0 Å². The van der Waals surface area contributed by atoms with Gasteiger partial charge >= 0.3 is 5.97 Å². The van der Waals surface area contributed by atoms with E-state index in [-0.39, 0.29) is 12.2 Å². The van der Waals surface area contributed by atoms with Crippen molar-refractivity contribution in [2.24, 2.45) is 0 Å². The molecule has 0 saturated carbocycles. The molecule has 34 heavy (non-hydrogen) atoms. The normalized spacial score (nSPS) is 12.2. The molecule has 0 aliphatic heterocycles. The number of H-pyrrole nitrogens is 1. The van der Waals surface area contributed by atoms with E-state index in [4.69, 9.17) is 4.74 Å². The average molecular weight is 454 g/mol. The van der Waals surface area contributed by atoms with E-state index in [9.17, 15) is 9.59 Å². The van der Waals surface area contributed by atoms with Gasteiger partial charge in [-0.15, -0.1) is 0 Å². The second kappa shape index (κ2) is 8.78. The molecule has 1 N–H and O–H groups in total. The van der Waals surface area contributed by atoms with Crippen molar-refractivity contribution in [1.82, 2.24) is 14.8 Å². The lowest BCUT2D eigenvalue weighted by atomic mass is 9.90. The highest BCUT2D eigenvalue weighted by Gasteiger charge is 2.30. The fraction of sp³-hybridized carbons (Fsp3) is 0.250. The van der Waals surface area contributed by atoms with Gasteiger partial charge in [0, 0.05) is 11.1 Å². The topological polar surface area (TPSA) is 77.0 Å². The summed E-state index contributed by atoms with van der Waals surface area (Å²) in [5, 5.41) is 4.69. The molecule has 0 spiro atoms. The highest BCUT2D eigenvalue weighted by Crippen LogP contribution is 2.35. The molecule has 4 aromatic rings. The van der Waals surface area contributed by atoms with Crippen molar-refractivity contribution in [2.75, 3.05) is 6.61 Å². The standard InChI is InChI=1S/C28H27N3O3/c1-4-34-28(33)25-22-13-12-21-15-23(20-8-6-5-7-9-20)27(32)29-24(21)26(22)31(30-25)16-19-11-10-17(2)18(3)14-19/h5-11,14-15H,4,12-13,16H2,1-3H3,(H,29,32). The number of nitrogens with zero attached hydrogens (tertiary/aromatic N) is 2. The molecule has 0 bridgehead atoms. The van der Waals surface area contributed by atoms with Crippen LogP contribution in [0.25, 0.3) is 22.5 Å². The minimum atomic E-state index is -0.427. The smallest absolute Gasteiger partial charge is 0.359 e. The number of fused-ring (bicyclic) bond motifs is 3. The first-order chi connectivity index (χ1) is 16.5. The maximum absolute atomic E-state index is 13.1. The average Bonchev–Trinajstić information content (AvgIpc) is 3.20. The summed E-state index contributed by atoms with van der Waals surface area (Å²) in [4.78, 5) is 29.0. The summed E-state index contributed by atoms with van der Waals surface area (Å²) in [5.74, 6) is -0.427. The lowest BCUT2D eigenvalue weighted by Crippen LogP contribution is -2.18. The Morgan fingerprint density at radius 1 is 1.06 bits per heavy atom. The van der Waals surface area contributed by atoms with Crippen LogP contribution in [0.5, 0.6) is 0 Å². The van der Waals surface area contributed by atoms with E-state index < -0.39 is 5.97 Å².